The molecule has 310 valence electrons. The van der Waals surface area contributed by atoms with E-state index in [1.165, 1.54) is 120 Å². The number of alkyl halides is 4. The van der Waals surface area contributed by atoms with Crippen molar-refractivity contribution in [2.24, 2.45) is 23.7 Å². The van der Waals surface area contributed by atoms with E-state index in [2.05, 4.69) is 71.9 Å². The number of unbranched alkanes of at least 4 members (excludes halogenated alkanes) is 3. The third-order valence-corrected chi connectivity index (χ3v) is 12.5. The Morgan fingerprint density at radius 3 is 1.02 bits per heavy atom. The predicted octanol–water partition coefficient (Wildman–Crippen LogP) is 16.2. The van der Waals surface area contributed by atoms with Gasteiger partial charge in [0.2, 0.25) is 0 Å². The van der Waals surface area contributed by atoms with Gasteiger partial charge in [0.1, 0.15) is 11.5 Å². The van der Waals surface area contributed by atoms with Crippen LogP contribution in [0.25, 0.3) is 22.3 Å². The third kappa shape index (κ3) is 15.8. The maximum Gasteiger partial charge on any atom is 0.387 e. The summed E-state index contributed by atoms with van der Waals surface area (Å²) >= 11 is 0. The molecule has 0 heterocycles. The highest BCUT2D eigenvalue weighted by Gasteiger charge is 2.22. The van der Waals surface area contributed by atoms with Gasteiger partial charge >= 0.3 is 13.2 Å². The van der Waals surface area contributed by atoms with Gasteiger partial charge in [-0.1, -0.05) is 183 Å². The van der Waals surface area contributed by atoms with Crippen molar-refractivity contribution < 1.29 is 27.0 Å². The molecule has 0 atom stereocenters. The summed E-state index contributed by atoms with van der Waals surface area (Å²) in [6.45, 7) is -0.994. The van der Waals surface area contributed by atoms with Crippen LogP contribution in [0.15, 0.2) is 97.1 Å². The zero-order valence-electron chi connectivity index (χ0n) is 34.5. The zero-order chi connectivity index (χ0) is 40.2. The molecule has 0 bridgehead atoms. The zero-order valence-corrected chi connectivity index (χ0v) is 34.5. The number of rotatable bonds is 19. The fourth-order valence-corrected chi connectivity index (χ4v) is 8.92. The molecule has 57 heavy (non-hydrogen) atoms. The number of ether oxygens (including phenoxy) is 2. The number of benzene rings is 4. The summed E-state index contributed by atoms with van der Waals surface area (Å²) in [5.74, 6) is 4.13. The van der Waals surface area contributed by atoms with E-state index >= 15 is 0 Å². The largest absolute Gasteiger partial charge is 0.435 e. The molecule has 0 amide bonds. The van der Waals surface area contributed by atoms with Gasteiger partial charge in [-0.25, -0.2) is 0 Å². The molecule has 0 saturated heterocycles. The quantitative estimate of drug-likeness (QED) is 0.0696. The maximum atomic E-state index is 12.3. The van der Waals surface area contributed by atoms with Gasteiger partial charge in [-0.2, -0.15) is 17.6 Å². The molecule has 0 aliphatic heterocycles. The van der Waals surface area contributed by atoms with Crippen LogP contribution in [0.2, 0.25) is 0 Å². The Hall–Kier alpha value is -3.80. The topological polar surface area (TPSA) is 18.5 Å². The molecule has 0 radical (unpaired) electrons. The van der Waals surface area contributed by atoms with Crippen molar-refractivity contribution in [3.05, 3.63) is 108 Å². The van der Waals surface area contributed by atoms with E-state index in [1.54, 1.807) is 24.3 Å². The Morgan fingerprint density at radius 1 is 0.404 bits per heavy atom. The van der Waals surface area contributed by atoms with Gasteiger partial charge < -0.3 is 9.47 Å². The van der Waals surface area contributed by atoms with Gasteiger partial charge in [-0.3, -0.25) is 0 Å². The first kappa shape index (κ1) is 44.3. The van der Waals surface area contributed by atoms with Crippen molar-refractivity contribution in [1.82, 2.24) is 0 Å². The highest BCUT2D eigenvalue weighted by atomic mass is 19.3. The lowest BCUT2D eigenvalue weighted by Gasteiger charge is -2.28. The lowest BCUT2D eigenvalue weighted by atomic mass is 9.78. The predicted molar refractivity (Wildman–Crippen MR) is 228 cm³/mol. The lowest BCUT2D eigenvalue weighted by molar-refractivity contribution is -0.0505. The highest BCUT2D eigenvalue weighted by Crippen LogP contribution is 2.36. The third-order valence-electron chi connectivity index (χ3n) is 12.5. The van der Waals surface area contributed by atoms with E-state index in [1.807, 2.05) is 24.3 Å². The molecule has 2 aliphatic carbocycles. The monoisotopic (exact) mass is 786 g/mol. The summed E-state index contributed by atoms with van der Waals surface area (Å²) < 4.78 is 57.8. The first-order valence-corrected chi connectivity index (χ1v) is 22.1. The Balaban J connectivity index is 0.000000218. The molecule has 0 aromatic heterocycles. The van der Waals surface area contributed by atoms with Crippen molar-refractivity contribution in [3.63, 3.8) is 0 Å². The molecule has 6 rings (SSSR count). The molecule has 2 aliphatic rings. The average Bonchev–Trinajstić information content (AvgIpc) is 3.23. The van der Waals surface area contributed by atoms with E-state index in [4.69, 9.17) is 0 Å². The summed E-state index contributed by atoms with van der Waals surface area (Å²) in [5.41, 5.74) is 7.00. The van der Waals surface area contributed by atoms with Crippen LogP contribution in [-0.2, 0) is 12.8 Å². The van der Waals surface area contributed by atoms with Crippen LogP contribution in [0.3, 0.4) is 0 Å². The van der Waals surface area contributed by atoms with Crippen LogP contribution in [0.1, 0.15) is 134 Å². The summed E-state index contributed by atoms with van der Waals surface area (Å²) in [7, 11) is 0. The SMILES string of the molecule is CCCCC[C@H]1CC[C@H](CCc2ccc(-c3ccc(OC(F)F)cc3)cc2)CC1.CCCC[C@H]1CC[C@H](CCc2ccc(-c3ccc(OC(F)F)cc3)cc2)CC1. The minimum absolute atomic E-state index is 0.194. The number of hydrogen-bond acceptors (Lipinski definition) is 2. The van der Waals surface area contributed by atoms with Crippen molar-refractivity contribution >= 4 is 0 Å². The van der Waals surface area contributed by atoms with Crippen LogP contribution in [0, 0.1) is 23.7 Å². The Labute approximate surface area is 340 Å². The normalized spacial score (nSPS) is 19.6. The summed E-state index contributed by atoms with van der Waals surface area (Å²) in [6.07, 6.45) is 25.9. The van der Waals surface area contributed by atoms with Gasteiger partial charge in [-0.15, -0.1) is 0 Å². The van der Waals surface area contributed by atoms with Crippen LogP contribution in [0.5, 0.6) is 11.5 Å². The summed E-state index contributed by atoms with van der Waals surface area (Å²) in [6, 6.07) is 31.0. The molecule has 2 saturated carbocycles. The second kappa shape index (κ2) is 24.2. The van der Waals surface area contributed by atoms with Gasteiger partial charge in [0.25, 0.3) is 0 Å². The number of aryl methyl sites for hydroxylation is 2. The molecule has 2 nitrogen and oxygen atoms in total. The van der Waals surface area contributed by atoms with Gasteiger partial charge in [0, 0.05) is 0 Å². The standard InChI is InChI=1S/C26H34F2O.C25H32F2O/c1-2-3-4-5-20-6-8-21(9-7-20)10-11-22-12-14-23(15-13-22)24-16-18-25(19-17-24)29-26(27)28;1-2-3-4-19-5-7-20(8-6-19)9-10-21-11-13-22(14-12-21)23-15-17-24(18-16-23)28-25(26)27/h12-21,26H,2-11H2,1H3;11-20,25H,2-10H2,1H3/t20-,21-;19-,20-. The molecule has 6 heteroatoms. The number of halogens is 4. The second-order valence-electron chi connectivity index (χ2n) is 16.7. The van der Waals surface area contributed by atoms with E-state index < -0.39 is 13.2 Å². The highest BCUT2D eigenvalue weighted by molar-refractivity contribution is 5.65. The smallest absolute Gasteiger partial charge is 0.387 e. The van der Waals surface area contributed by atoms with E-state index in [0.29, 0.717) is 0 Å². The molecule has 0 N–H and O–H groups in total. The first-order chi connectivity index (χ1) is 27.8. The first-order valence-electron chi connectivity index (χ1n) is 22.1. The van der Waals surface area contributed by atoms with Gasteiger partial charge in [-0.05, 0) is 107 Å². The number of hydrogen-bond donors (Lipinski definition) is 0. The van der Waals surface area contributed by atoms with Crippen LogP contribution in [-0.4, -0.2) is 13.2 Å². The van der Waals surface area contributed by atoms with Crippen LogP contribution < -0.4 is 9.47 Å². The molecular formula is C51H66F4O2. The molecule has 2 fully saturated rings. The van der Waals surface area contributed by atoms with E-state index in [0.717, 1.165) is 58.8 Å². The van der Waals surface area contributed by atoms with Crippen molar-refractivity contribution in [2.45, 2.75) is 149 Å². The maximum absolute atomic E-state index is 12.3. The molecule has 0 unspecified atom stereocenters. The summed E-state index contributed by atoms with van der Waals surface area (Å²) in [4.78, 5) is 0. The Bertz CT molecular complexity index is 1640. The minimum Gasteiger partial charge on any atom is -0.435 e. The molecular weight excluding hydrogens is 721 g/mol. The second-order valence-corrected chi connectivity index (χ2v) is 16.7. The molecule has 0 spiro atoms. The van der Waals surface area contributed by atoms with Crippen molar-refractivity contribution in [1.29, 1.82) is 0 Å². The fourth-order valence-electron chi connectivity index (χ4n) is 8.92. The van der Waals surface area contributed by atoms with Crippen molar-refractivity contribution in [2.75, 3.05) is 0 Å². The fraction of sp³-hybridized carbons (Fsp3) is 0.529. The average molecular weight is 787 g/mol. The van der Waals surface area contributed by atoms with Gasteiger partial charge in [0.15, 0.2) is 0 Å². The molecule has 4 aromatic rings. The molecule has 4 aromatic carbocycles. The van der Waals surface area contributed by atoms with E-state index in [9.17, 15) is 17.6 Å². The van der Waals surface area contributed by atoms with E-state index in [-0.39, 0.29) is 11.5 Å². The van der Waals surface area contributed by atoms with Crippen LogP contribution >= 0.6 is 0 Å². The Kier molecular flexibility index (Phi) is 18.8. The lowest BCUT2D eigenvalue weighted by Crippen LogP contribution is -2.15. The Morgan fingerprint density at radius 2 is 0.702 bits per heavy atom. The summed E-state index contributed by atoms with van der Waals surface area (Å²) in [5, 5.41) is 0. The van der Waals surface area contributed by atoms with Gasteiger partial charge in [0.05, 0.1) is 0 Å². The van der Waals surface area contributed by atoms with Crippen LogP contribution in [0.4, 0.5) is 17.6 Å². The van der Waals surface area contributed by atoms with Crippen molar-refractivity contribution in [3.8, 4) is 33.8 Å². The minimum atomic E-state index is -2.78.